The number of hydrogen-bond acceptors (Lipinski definition) is 3. The molecule has 0 bridgehead atoms. The number of para-hydroxylation sites is 1. The van der Waals surface area contributed by atoms with Crippen molar-refractivity contribution in [3.05, 3.63) is 58.9 Å². The summed E-state index contributed by atoms with van der Waals surface area (Å²) >= 11 is 0. The van der Waals surface area contributed by atoms with E-state index in [0.717, 1.165) is 36.1 Å². The minimum atomic E-state index is -0.313. The number of rotatable bonds is 8. The van der Waals surface area contributed by atoms with E-state index in [1.165, 1.54) is 0 Å². The highest BCUT2D eigenvalue weighted by Crippen LogP contribution is 2.27. The highest BCUT2D eigenvalue weighted by Gasteiger charge is 2.16. The van der Waals surface area contributed by atoms with Crippen LogP contribution >= 0.6 is 0 Å². The molecule has 5 nitrogen and oxygen atoms in total. The SMILES string of the molecule is CCCCCNC(=O)c1cccc(C(=O)Nc2c(C)cccc2C(C)C)n1. The van der Waals surface area contributed by atoms with Crippen LogP contribution < -0.4 is 10.6 Å². The summed E-state index contributed by atoms with van der Waals surface area (Å²) in [5, 5.41) is 5.82. The van der Waals surface area contributed by atoms with E-state index in [-0.39, 0.29) is 29.1 Å². The molecule has 0 saturated carbocycles. The fraction of sp³-hybridized carbons (Fsp3) is 0.409. The molecule has 1 aromatic heterocycles. The largest absolute Gasteiger partial charge is 0.351 e. The second-order valence-corrected chi connectivity index (χ2v) is 7.02. The van der Waals surface area contributed by atoms with Gasteiger partial charge < -0.3 is 10.6 Å². The summed E-state index contributed by atoms with van der Waals surface area (Å²) < 4.78 is 0. The number of unbranched alkanes of at least 4 members (excludes halogenated alkanes) is 2. The molecule has 0 saturated heterocycles. The van der Waals surface area contributed by atoms with Gasteiger partial charge in [-0.1, -0.05) is 57.9 Å². The highest BCUT2D eigenvalue weighted by atomic mass is 16.2. The maximum absolute atomic E-state index is 12.7. The zero-order valence-electron chi connectivity index (χ0n) is 16.6. The number of aryl methyl sites for hydroxylation is 1. The molecule has 0 aliphatic heterocycles. The normalized spacial score (nSPS) is 10.7. The Morgan fingerprint density at radius 2 is 1.67 bits per heavy atom. The van der Waals surface area contributed by atoms with Gasteiger partial charge in [-0.3, -0.25) is 9.59 Å². The lowest BCUT2D eigenvalue weighted by molar-refractivity contribution is 0.0947. The van der Waals surface area contributed by atoms with Crippen LogP contribution in [0.4, 0.5) is 5.69 Å². The molecule has 1 heterocycles. The molecule has 2 aromatic rings. The van der Waals surface area contributed by atoms with Crippen LogP contribution in [-0.2, 0) is 0 Å². The van der Waals surface area contributed by atoms with Gasteiger partial charge in [-0.05, 0) is 42.5 Å². The highest BCUT2D eigenvalue weighted by molar-refractivity contribution is 6.04. The molecular weight excluding hydrogens is 338 g/mol. The van der Waals surface area contributed by atoms with Crippen molar-refractivity contribution in [2.75, 3.05) is 11.9 Å². The zero-order valence-corrected chi connectivity index (χ0v) is 16.6. The first-order valence-corrected chi connectivity index (χ1v) is 9.60. The van der Waals surface area contributed by atoms with Gasteiger partial charge in [0.25, 0.3) is 11.8 Å². The van der Waals surface area contributed by atoms with Gasteiger partial charge in [0.15, 0.2) is 0 Å². The number of pyridine rings is 1. The van der Waals surface area contributed by atoms with E-state index in [4.69, 9.17) is 0 Å². The molecule has 2 amide bonds. The van der Waals surface area contributed by atoms with Gasteiger partial charge in [-0.2, -0.15) is 0 Å². The molecule has 27 heavy (non-hydrogen) atoms. The zero-order chi connectivity index (χ0) is 19.8. The van der Waals surface area contributed by atoms with Crippen LogP contribution in [-0.4, -0.2) is 23.3 Å². The molecule has 0 spiro atoms. The Bertz CT molecular complexity index is 800. The maximum Gasteiger partial charge on any atom is 0.274 e. The summed E-state index contributed by atoms with van der Waals surface area (Å²) in [7, 11) is 0. The first-order chi connectivity index (χ1) is 12.9. The number of anilines is 1. The van der Waals surface area contributed by atoms with E-state index in [0.29, 0.717) is 6.54 Å². The number of hydrogen-bond donors (Lipinski definition) is 2. The Labute approximate surface area is 161 Å². The summed E-state index contributed by atoms with van der Waals surface area (Å²) in [4.78, 5) is 29.2. The molecule has 1 aromatic carbocycles. The number of nitrogens with one attached hydrogen (secondary N) is 2. The Kier molecular flexibility index (Phi) is 7.53. The fourth-order valence-corrected chi connectivity index (χ4v) is 2.88. The number of benzene rings is 1. The van der Waals surface area contributed by atoms with Crippen LogP contribution in [0.25, 0.3) is 0 Å². The van der Waals surface area contributed by atoms with E-state index >= 15 is 0 Å². The van der Waals surface area contributed by atoms with Crippen molar-refractivity contribution < 1.29 is 9.59 Å². The standard InChI is InChI=1S/C22H29N3O2/c1-5-6-7-14-23-21(26)18-12-9-13-19(24-18)22(27)25-20-16(4)10-8-11-17(20)15(2)3/h8-13,15H,5-7,14H2,1-4H3,(H,23,26)(H,25,27). The minimum absolute atomic E-state index is 0.231. The van der Waals surface area contributed by atoms with Crippen molar-refractivity contribution >= 4 is 17.5 Å². The Hall–Kier alpha value is -2.69. The van der Waals surface area contributed by atoms with Crippen LogP contribution in [0.2, 0.25) is 0 Å². The number of amides is 2. The average Bonchev–Trinajstić information content (AvgIpc) is 2.66. The molecule has 2 N–H and O–H groups in total. The van der Waals surface area contributed by atoms with Crippen molar-refractivity contribution in [2.24, 2.45) is 0 Å². The van der Waals surface area contributed by atoms with Crippen molar-refractivity contribution in [2.45, 2.75) is 52.9 Å². The second-order valence-electron chi connectivity index (χ2n) is 7.02. The van der Waals surface area contributed by atoms with E-state index in [1.807, 2.05) is 25.1 Å². The third kappa shape index (κ3) is 5.64. The van der Waals surface area contributed by atoms with Crippen LogP contribution in [0.5, 0.6) is 0 Å². The van der Waals surface area contributed by atoms with Crippen LogP contribution in [0.3, 0.4) is 0 Å². The van der Waals surface area contributed by atoms with Crippen LogP contribution in [0.1, 0.15) is 78.1 Å². The van der Waals surface area contributed by atoms with Gasteiger partial charge in [0.05, 0.1) is 0 Å². The summed E-state index contributed by atoms with van der Waals surface area (Å²) in [5.74, 6) is -0.278. The summed E-state index contributed by atoms with van der Waals surface area (Å²) in [6.45, 7) is 8.88. The third-order valence-corrected chi connectivity index (χ3v) is 4.45. The Balaban J connectivity index is 2.13. The van der Waals surface area contributed by atoms with Crippen LogP contribution in [0, 0.1) is 6.92 Å². The van der Waals surface area contributed by atoms with E-state index in [2.05, 4.69) is 36.4 Å². The molecule has 0 radical (unpaired) electrons. The van der Waals surface area contributed by atoms with E-state index in [1.54, 1.807) is 18.2 Å². The number of carbonyl (C=O) groups excluding carboxylic acids is 2. The van der Waals surface area contributed by atoms with E-state index in [9.17, 15) is 9.59 Å². The fourth-order valence-electron chi connectivity index (χ4n) is 2.88. The van der Waals surface area contributed by atoms with Gasteiger partial charge >= 0.3 is 0 Å². The predicted molar refractivity (Wildman–Crippen MR) is 109 cm³/mol. The molecule has 0 aliphatic rings. The van der Waals surface area contributed by atoms with Gasteiger partial charge in [0.2, 0.25) is 0 Å². The lowest BCUT2D eigenvalue weighted by Crippen LogP contribution is -2.26. The monoisotopic (exact) mass is 367 g/mol. The van der Waals surface area contributed by atoms with Crippen molar-refractivity contribution in [3.8, 4) is 0 Å². The molecule has 144 valence electrons. The van der Waals surface area contributed by atoms with Crippen molar-refractivity contribution in [3.63, 3.8) is 0 Å². The Morgan fingerprint density at radius 1 is 1.00 bits per heavy atom. The lowest BCUT2D eigenvalue weighted by atomic mass is 9.98. The Morgan fingerprint density at radius 3 is 2.33 bits per heavy atom. The van der Waals surface area contributed by atoms with Gasteiger partial charge in [-0.15, -0.1) is 0 Å². The quantitative estimate of drug-likeness (QED) is 0.665. The van der Waals surface area contributed by atoms with Gasteiger partial charge in [0.1, 0.15) is 11.4 Å². The first-order valence-electron chi connectivity index (χ1n) is 9.60. The molecule has 0 aliphatic carbocycles. The average molecular weight is 367 g/mol. The minimum Gasteiger partial charge on any atom is -0.351 e. The molecular formula is C22H29N3O2. The molecule has 0 fully saturated rings. The molecule has 2 rings (SSSR count). The summed E-state index contributed by atoms with van der Waals surface area (Å²) in [5.41, 5.74) is 3.38. The van der Waals surface area contributed by atoms with Crippen molar-refractivity contribution in [1.29, 1.82) is 0 Å². The van der Waals surface area contributed by atoms with E-state index < -0.39 is 0 Å². The number of carbonyl (C=O) groups is 2. The molecule has 0 atom stereocenters. The number of nitrogens with zero attached hydrogens (tertiary/aromatic N) is 1. The van der Waals surface area contributed by atoms with Gasteiger partial charge in [-0.25, -0.2) is 4.98 Å². The molecule has 0 unspecified atom stereocenters. The summed E-state index contributed by atoms with van der Waals surface area (Å²) in [6.07, 6.45) is 3.11. The lowest BCUT2D eigenvalue weighted by Gasteiger charge is -2.16. The van der Waals surface area contributed by atoms with Crippen LogP contribution in [0.15, 0.2) is 36.4 Å². The predicted octanol–water partition coefficient (Wildman–Crippen LogP) is 4.69. The smallest absolute Gasteiger partial charge is 0.274 e. The van der Waals surface area contributed by atoms with Gasteiger partial charge in [0, 0.05) is 12.2 Å². The number of aromatic nitrogens is 1. The van der Waals surface area contributed by atoms with Crippen molar-refractivity contribution in [1.82, 2.24) is 10.3 Å². The second kappa shape index (κ2) is 9.86. The topological polar surface area (TPSA) is 71.1 Å². The maximum atomic E-state index is 12.7. The first kappa shape index (κ1) is 20.6. The molecule has 5 heteroatoms. The summed E-state index contributed by atoms with van der Waals surface area (Å²) in [6, 6.07) is 10.9. The third-order valence-electron chi connectivity index (χ3n) is 4.45.